The van der Waals surface area contributed by atoms with Crippen molar-refractivity contribution in [2.45, 2.75) is 45.1 Å². The van der Waals surface area contributed by atoms with Gasteiger partial charge in [0.2, 0.25) is 5.91 Å². The first-order valence-corrected chi connectivity index (χ1v) is 8.66. The molecule has 3 nitrogen and oxygen atoms in total. The van der Waals surface area contributed by atoms with E-state index in [1.165, 1.54) is 32.1 Å². The number of halogens is 1. The Morgan fingerprint density at radius 2 is 2.09 bits per heavy atom. The van der Waals surface area contributed by atoms with Crippen molar-refractivity contribution in [2.75, 3.05) is 20.1 Å². The average Bonchev–Trinajstić information content (AvgIpc) is 2.53. The van der Waals surface area contributed by atoms with Gasteiger partial charge in [-0.15, -0.1) is 0 Å². The maximum atomic E-state index is 12.1. The highest BCUT2D eigenvalue weighted by Crippen LogP contribution is 2.23. The predicted octanol–water partition coefficient (Wildman–Crippen LogP) is 4.03. The van der Waals surface area contributed by atoms with Gasteiger partial charge in [-0.05, 0) is 50.4 Å². The molecule has 1 saturated carbocycles. The zero-order valence-electron chi connectivity index (χ0n) is 13.6. The highest BCUT2D eigenvalue weighted by atomic mass is 35.5. The highest BCUT2D eigenvalue weighted by molar-refractivity contribution is 6.30. The van der Waals surface area contributed by atoms with E-state index in [0.29, 0.717) is 12.5 Å². The van der Waals surface area contributed by atoms with Crippen LogP contribution >= 0.6 is 11.6 Å². The summed E-state index contributed by atoms with van der Waals surface area (Å²) in [7, 11) is 1.98. The van der Waals surface area contributed by atoms with E-state index in [2.05, 4.69) is 17.1 Å². The molecule has 1 aromatic carbocycles. The van der Waals surface area contributed by atoms with Gasteiger partial charge in [0.05, 0.1) is 6.54 Å². The Morgan fingerprint density at radius 3 is 2.77 bits per heavy atom. The van der Waals surface area contributed by atoms with Crippen LogP contribution < -0.4 is 5.32 Å². The molecule has 1 aliphatic carbocycles. The summed E-state index contributed by atoms with van der Waals surface area (Å²) in [4.78, 5) is 14.2. The molecule has 0 bridgehead atoms. The Bertz CT molecular complexity index is 486. The second-order valence-corrected chi connectivity index (χ2v) is 6.89. The molecule has 1 N–H and O–H groups in total. The molecule has 0 spiro atoms. The van der Waals surface area contributed by atoms with E-state index in [-0.39, 0.29) is 11.9 Å². The minimum atomic E-state index is 0.113. The average molecular weight is 323 g/mol. The van der Waals surface area contributed by atoms with Gasteiger partial charge in [-0.3, -0.25) is 9.69 Å². The third-order valence-electron chi connectivity index (χ3n) is 4.70. The number of carbonyl (C=O) groups is 1. The van der Waals surface area contributed by atoms with Crippen molar-refractivity contribution in [3.8, 4) is 0 Å². The third kappa shape index (κ3) is 5.29. The van der Waals surface area contributed by atoms with Crippen LogP contribution in [-0.4, -0.2) is 30.9 Å². The van der Waals surface area contributed by atoms with Gasteiger partial charge in [0.15, 0.2) is 0 Å². The summed E-state index contributed by atoms with van der Waals surface area (Å²) in [6.45, 7) is 3.35. The van der Waals surface area contributed by atoms with Crippen molar-refractivity contribution in [1.29, 1.82) is 0 Å². The van der Waals surface area contributed by atoms with Crippen molar-refractivity contribution >= 4 is 17.5 Å². The number of amides is 1. The Kier molecular flexibility index (Phi) is 6.71. The summed E-state index contributed by atoms with van der Waals surface area (Å²) >= 11 is 6.04. The summed E-state index contributed by atoms with van der Waals surface area (Å²) in [6, 6.07) is 7.99. The largest absolute Gasteiger partial charge is 0.355 e. The van der Waals surface area contributed by atoms with E-state index in [0.717, 1.165) is 17.1 Å². The minimum absolute atomic E-state index is 0.113. The number of nitrogens with zero attached hydrogens (tertiary/aromatic N) is 1. The molecule has 1 unspecified atom stereocenters. The Labute approximate surface area is 139 Å². The number of hydrogen-bond acceptors (Lipinski definition) is 2. The fourth-order valence-electron chi connectivity index (χ4n) is 3.09. The van der Waals surface area contributed by atoms with E-state index in [1.807, 2.05) is 31.3 Å². The first-order valence-electron chi connectivity index (χ1n) is 8.28. The molecule has 22 heavy (non-hydrogen) atoms. The monoisotopic (exact) mass is 322 g/mol. The van der Waals surface area contributed by atoms with Crippen LogP contribution in [0.3, 0.4) is 0 Å². The molecule has 0 aliphatic heterocycles. The first kappa shape index (κ1) is 17.3. The highest BCUT2D eigenvalue weighted by Gasteiger charge is 2.17. The Hall–Kier alpha value is -1.06. The molecular weight excluding hydrogens is 296 g/mol. The van der Waals surface area contributed by atoms with E-state index in [9.17, 15) is 4.79 Å². The molecule has 1 aliphatic rings. The number of carbonyl (C=O) groups excluding carboxylic acids is 1. The van der Waals surface area contributed by atoms with Gasteiger partial charge in [-0.2, -0.15) is 0 Å². The third-order valence-corrected chi connectivity index (χ3v) is 4.93. The molecule has 2 rings (SSSR count). The number of hydrogen-bond donors (Lipinski definition) is 1. The molecule has 0 aromatic heterocycles. The standard InChI is InChI=1S/C18H27ClN2O/c1-14(16-9-6-10-17(19)11-16)21(2)13-18(22)20-12-15-7-4-3-5-8-15/h6,9-11,14-15H,3-5,7-8,12-13H2,1-2H3,(H,20,22). The van der Waals surface area contributed by atoms with Gasteiger partial charge in [-0.25, -0.2) is 0 Å². The summed E-state index contributed by atoms with van der Waals surface area (Å²) in [5.41, 5.74) is 1.13. The molecule has 0 heterocycles. The molecule has 1 amide bonds. The van der Waals surface area contributed by atoms with Gasteiger partial charge in [0.1, 0.15) is 0 Å². The number of rotatable bonds is 6. The van der Waals surface area contributed by atoms with Gasteiger partial charge in [-0.1, -0.05) is 43.0 Å². The fraction of sp³-hybridized carbons (Fsp3) is 0.611. The van der Waals surface area contributed by atoms with Crippen LogP contribution in [0.25, 0.3) is 0 Å². The van der Waals surface area contributed by atoms with Crippen molar-refractivity contribution < 1.29 is 4.79 Å². The van der Waals surface area contributed by atoms with E-state index < -0.39 is 0 Å². The second-order valence-electron chi connectivity index (χ2n) is 6.45. The molecule has 0 radical (unpaired) electrons. The molecule has 122 valence electrons. The maximum absolute atomic E-state index is 12.1. The lowest BCUT2D eigenvalue weighted by molar-refractivity contribution is -0.122. The smallest absolute Gasteiger partial charge is 0.234 e. The molecule has 0 saturated heterocycles. The molecule has 1 fully saturated rings. The quantitative estimate of drug-likeness (QED) is 0.857. The van der Waals surface area contributed by atoms with Gasteiger partial charge >= 0.3 is 0 Å². The zero-order valence-corrected chi connectivity index (χ0v) is 14.4. The normalized spacial score (nSPS) is 17.5. The predicted molar refractivity (Wildman–Crippen MR) is 92.1 cm³/mol. The lowest BCUT2D eigenvalue weighted by atomic mass is 9.89. The van der Waals surface area contributed by atoms with Gasteiger partial charge in [0.25, 0.3) is 0 Å². The molecule has 4 heteroatoms. The first-order chi connectivity index (χ1) is 10.6. The van der Waals surface area contributed by atoms with Crippen LogP contribution in [0.2, 0.25) is 5.02 Å². The molecular formula is C18H27ClN2O. The van der Waals surface area contributed by atoms with Crippen molar-refractivity contribution in [2.24, 2.45) is 5.92 Å². The number of nitrogens with one attached hydrogen (secondary N) is 1. The van der Waals surface area contributed by atoms with Crippen LogP contribution in [0.15, 0.2) is 24.3 Å². The van der Waals surface area contributed by atoms with Crippen LogP contribution in [0.5, 0.6) is 0 Å². The maximum Gasteiger partial charge on any atom is 0.234 e. The zero-order chi connectivity index (χ0) is 15.9. The lowest BCUT2D eigenvalue weighted by Gasteiger charge is -2.26. The topological polar surface area (TPSA) is 32.3 Å². The Balaban J connectivity index is 1.77. The van der Waals surface area contributed by atoms with Crippen molar-refractivity contribution in [3.63, 3.8) is 0 Å². The van der Waals surface area contributed by atoms with Crippen LogP contribution in [0, 0.1) is 5.92 Å². The van der Waals surface area contributed by atoms with Crippen molar-refractivity contribution in [1.82, 2.24) is 10.2 Å². The summed E-state index contributed by atoms with van der Waals surface area (Å²) < 4.78 is 0. The van der Waals surface area contributed by atoms with Crippen LogP contribution in [0.4, 0.5) is 0 Å². The number of benzene rings is 1. The van der Waals surface area contributed by atoms with Crippen LogP contribution in [-0.2, 0) is 4.79 Å². The van der Waals surface area contributed by atoms with Gasteiger partial charge in [0, 0.05) is 17.6 Å². The van der Waals surface area contributed by atoms with Crippen molar-refractivity contribution in [3.05, 3.63) is 34.9 Å². The lowest BCUT2D eigenvalue weighted by Crippen LogP contribution is -2.38. The van der Waals surface area contributed by atoms with Gasteiger partial charge < -0.3 is 5.32 Å². The summed E-state index contributed by atoms with van der Waals surface area (Å²) in [5, 5.41) is 3.83. The summed E-state index contributed by atoms with van der Waals surface area (Å²) in [5.74, 6) is 0.787. The van der Waals surface area contributed by atoms with E-state index in [4.69, 9.17) is 11.6 Å². The fourth-order valence-corrected chi connectivity index (χ4v) is 3.29. The molecule has 1 aromatic rings. The second kappa shape index (κ2) is 8.54. The van der Waals surface area contributed by atoms with Crippen LogP contribution in [0.1, 0.15) is 50.6 Å². The summed E-state index contributed by atoms with van der Waals surface area (Å²) in [6.07, 6.45) is 6.49. The van der Waals surface area contributed by atoms with E-state index >= 15 is 0 Å². The minimum Gasteiger partial charge on any atom is -0.355 e. The Morgan fingerprint density at radius 1 is 1.36 bits per heavy atom. The molecule has 1 atom stereocenters. The SMILES string of the molecule is CC(c1cccc(Cl)c1)N(C)CC(=O)NCC1CCCCC1. The number of likely N-dealkylation sites (N-methyl/N-ethyl adjacent to an activating group) is 1. The van der Waals surface area contributed by atoms with E-state index in [1.54, 1.807) is 0 Å².